The van der Waals surface area contributed by atoms with E-state index in [-0.39, 0.29) is 11.6 Å². The maximum absolute atomic E-state index is 3.52. The van der Waals surface area contributed by atoms with E-state index in [2.05, 4.69) is 105 Å². The van der Waals surface area contributed by atoms with Gasteiger partial charge in [-0.1, -0.05) is 50.3 Å². The summed E-state index contributed by atoms with van der Waals surface area (Å²) in [6.07, 6.45) is 11.3. The molecule has 0 amide bonds. The van der Waals surface area contributed by atoms with Crippen molar-refractivity contribution in [3.05, 3.63) is 72.1 Å². The minimum Gasteiger partial charge on any atom is -0.386 e. The first-order valence-corrected chi connectivity index (χ1v) is 8.78. The van der Waals surface area contributed by atoms with Gasteiger partial charge in [-0.25, -0.2) is 0 Å². The lowest BCUT2D eigenvalue weighted by Crippen LogP contribution is -2.32. The molecule has 3 rings (SSSR count). The van der Waals surface area contributed by atoms with Crippen LogP contribution >= 0.6 is 0 Å². The van der Waals surface area contributed by atoms with E-state index in [9.17, 15) is 0 Å². The highest BCUT2D eigenvalue weighted by molar-refractivity contribution is 5.80. The summed E-state index contributed by atoms with van der Waals surface area (Å²) >= 11 is 0. The van der Waals surface area contributed by atoms with Gasteiger partial charge in [-0.05, 0) is 55.4 Å². The Kier molecular flexibility index (Phi) is 4.40. The summed E-state index contributed by atoms with van der Waals surface area (Å²) in [5, 5.41) is 4.81. The van der Waals surface area contributed by atoms with Gasteiger partial charge < -0.3 is 9.88 Å². The van der Waals surface area contributed by atoms with Crippen LogP contribution in [0.15, 0.2) is 72.1 Å². The molecule has 0 spiro atoms. The molecule has 1 N–H and O–H groups in total. The van der Waals surface area contributed by atoms with Crippen LogP contribution in [0.4, 0.5) is 0 Å². The van der Waals surface area contributed by atoms with Crippen molar-refractivity contribution in [2.24, 2.45) is 5.92 Å². The van der Waals surface area contributed by atoms with Gasteiger partial charge in [-0.3, -0.25) is 0 Å². The van der Waals surface area contributed by atoms with E-state index in [1.54, 1.807) is 0 Å². The second kappa shape index (κ2) is 6.35. The number of para-hydroxylation sites is 1. The Morgan fingerprint density at radius 3 is 2.54 bits per heavy atom. The Bertz CT molecular complexity index is 810. The van der Waals surface area contributed by atoms with E-state index in [1.807, 2.05) is 0 Å². The highest BCUT2D eigenvalue weighted by atomic mass is 15.0. The third-order valence-corrected chi connectivity index (χ3v) is 4.43. The number of fused-ring (bicyclic) bond motifs is 1. The number of allylic oxidation sites excluding steroid dienone is 5. The van der Waals surface area contributed by atoms with Crippen LogP contribution in [-0.2, 0) is 0 Å². The summed E-state index contributed by atoms with van der Waals surface area (Å²) in [5.74, 6) is 0.530. The summed E-state index contributed by atoms with van der Waals surface area (Å²) in [7, 11) is 0. The van der Waals surface area contributed by atoms with Crippen LogP contribution in [0.5, 0.6) is 0 Å². The largest absolute Gasteiger partial charge is 0.386 e. The van der Waals surface area contributed by atoms with Gasteiger partial charge in [0.2, 0.25) is 0 Å². The maximum Gasteiger partial charge on any atom is 0.0789 e. The van der Waals surface area contributed by atoms with Crippen LogP contribution in [0.1, 0.15) is 40.7 Å². The SMILES string of the molecule is CC(C)C1=CC(n2ccc3ccccc32)/C(=C\NC(C)(C)C)C=C1. The second-order valence-corrected chi connectivity index (χ2v) is 7.92. The number of benzene rings is 1. The van der Waals surface area contributed by atoms with Crippen LogP contribution in [-0.4, -0.2) is 10.1 Å². The molecule has 2 aromatic rings. The molecule has 2 nitrogen and oxygen atoms in total. The first kappa shape index (κ1) is 16.6. The quantitative estimate of drug-likeness (QED) is 0.778. The summed E-state index contributed by atoms with van der Waals surface area (Å²) < 4.78 is 2.37. The van der Waals surface area contributed by atoms with Crippen molar-refractivity contribution in [2.75, 3.05) is 0 Å². The summed E-state index contributed by atoms with van der Waals surface area (Å²) in [6, 6.07) is 11.0. The molecular weight excluding hydrogens is 292 g/mol. The number of hydrogen-bond donors (Lipinski definition) is 1. The molecule has 2 heteroatoms. The van der Waals surface area contributed by atoms with Crippen molar-refractivity contribution in [3.63, 3.8) is 0 Å². The number of nitrogens with one attached hydrogen (secondary N) is 1. The molecule has 1 heterocycles. The molecule has 1 aliphatic rings. The Morgan fingerprint density at radius 2 is 1.83 bits per heavy atom. The highest BCUT2D eigenvalue weighted by Crippen LogP contribution is 2.32. The zero-order valence-corrected chi connectivity index (χ0v) is 15.4. The molecule has 0 radical (unpaired) electrons. The molecule has 1 atom stereocenters. The monoisotopic (exact) mass is 320 g/mol. The summed E-state index contributed by atoms with van der Waals surface area (Å²) in [6.45, 7) is 11.1. The minimum absolute atomic E-state index is 0.0617. The van der Waals surface area contributed by atoms with Crippen LogP contribution in [0, 0.1) is 5.92 Å². The summed E-state index contributed by atoms with van der Waals surface area (Å²) in [5.41, 5.74) is 4.02. The molecule has 1 aliphatic carbocycles. The fraction of sp³-hybridized carbons (Fsp3) is 0.364. The van der Waals surface area contributed by atoms with Crippen LogP contribution in [0.3, 0.4) is 0 Å². The molecular formula is C22H28N2. The Hall–Kier alpha value is -2.22. The zero-order chi connectivity index (χ0) is 17.3. The third-order valence-electron chi connectivity index (χ3n) is 4.43. The fourth-order valence-electron chi connectivity index (χ4n) is 3.03. The molecule has 1 aromatic carbocycles. The first-order valence-electron chi connectivity index (χ1n) is 8.78. The van der Waals surface area contributed by atoms with Gasteiger partial charge in [0.1, 0.15) is 0 Å². The Balaban J connectivity index is 2.06. The van der Waals surface area contributed by atoms with Crippen molar-refractivity contribution in [2.45, 2.75) is 46.2 Å². The van der Waals surface area contributed by atoms with Gasteiger partial charge in [0.25, 0.3) is 0 Å². The first-order chi connectivity index (χ1) is 11.3. The molecule has 24 heavy (non-hydrogen) atoms. The summed E-state index contributed by atoms with van der Waals surface area (Å²) in [4.78, 5) is 0. The Labute approximate surface area is 145 Å². The van der Waals surface area contributed by atoms with E-state index in [0.717, 1.165) is 0 Å². The van der Waals surface area contributed by atoms with Crippen molar-refractivity contribution >= 4 is 10.9 Å². The third kappa shape index (κ3) is 3.48. The lowest BCUT2D eigenvalue weighted by molar-refractivity contribution is 0.487. The molecule has 0 aliphatic heterocycles. The number of hydrogen-bond acceptors (Lipinski definition) is 1. The van der Waals surface area contributed by atoms with Gasteiger partial charge in [0.05, 0.1) is 6.04 Å². The van der Waals surface area contributed by atoms with Gasteiger partial charge in [0.15, 0.2) is 0 Å². The molecule has 1 unspecified atom stereocenters. The average Bonchev–Trinajstić information content (AvgIpc) is 2.96. The highest BCUT2D eigenvalue weighted by Gasteiger charge is 2.20. The predicted octanol–water partition coefficient (Wildman–Crippen LogP) is 5.61. The van der Waals surface area contributed by atoms with Crippen molar-refractivity contribution in [1.29, 1.82) is 0 Å². The maximum atomic E-state index is 3.52. The number of nitrogens with zero attached hydrogens (tertiary/aromatic N) is 1. The lowest BCUT2D eigenvalue weighted by atomic mass is 9.91. The van der Waals surface area contributed by atoms with Crippen LogP contribution < -0.4 is 5.32 Å². The van der Waals surface area contributed by atoms with Gasteiger partial charge in [-0.2, -0.15) is 0 Å². The van der Waals surface area contributed by atoms with Crippen molar-refractivity contribution < 1.29 is 0 Å². The molecule has 126 valence electrons. The van der Waals surface area contributed by atoms with Gasteiger partial charge >= 0.3 is 0 Å². The predicted molar refractivity (Wildman–Crippen MR) is 104 cm³/mol. The fourth-order valence-corrected chi connectivity index (χ4v) is 3.03. The lowest BCUT2D eigenvalue weighted by Gasteiger charge is -2.26. The molecule has 0 fully saturated rings. The normalized spacial score (nSPS) is 20.0. The average molecular weight is 320 g/mol. The van der Waals surface area contributed by atoms with E-state index in [1.165, 1.54) is 22.0 Å². The second-order valence-electron chi connectivity index (χ2n) is 7.92. The van der Waals surface area contributed by atoms with E-state index < -0.39 is 0 Å². The minimum atomic E-state index is 0.0617. The smallest absolute Gasteiger partial charge is 0.0789 e. The molecule has 1 aromatic heterocycles. The van der Waals surface area contributed by atoms with E-state index in [4.69, 9.17) is 0 Å². The topological polar surface area (TPSA) is 17.0 Å². The molecule has 0 saturated carbocycles. The van der Waals surface area contributed by atoms with Crippen LogP contribution in [0.2, 0.25) is 0 Å². The standard InChI is InChI=1S/C22H28N2/c1-16(2)18-10-11-19(15-23-22(3,4)5)21(14-18)24-13-12-17-8-6-7-9-20(17)24/h6-16,21,23H,1-5H3/b19-15-. The zero-order valence-electron chi connectivity index (χ0n) is 15.4. The number of aromatic nitrogens is 1. The molecule has 0 bridgehead atoms. The van der Waals surface area contributed by atoms with Gasteiger partial charge in [0, 0.05) is 23.5 Å². The van der Waals surface area contributed by atoms with E-state index in [0.29, 0.717) is 5.92 Å². The van der Waals surface area contributed by atoms with Gasteiger partial charge in [-0.15, -0.1) is 0 Å². The van der Waals surface area contributed by atoms with Crippen molar-refractivity contribution in [3.8, 4) is 0 Å². The Morgan fingerprint density at radius 1 is 1.08 bits per heavy atom. The van der Waals surface area contributed by atoms with E-state index >= 15 is 0 Å². The van der Waals surface area contributed by atoms with Crippen molar-refractivity contribution in [1.82, 2.24) is 9.88 Å². The van der Waals surface area contributed by atoms with Crippen LogP contribution in [0.25, 0.3) is 10.9 Å². The molecule has 0 saturated heterocycles. The number of rotatable bonds is 3.